The monoisotopic (exact) mass is 267 g/mol. The first-order chi connectivity index (χ1) is 8.39. The van der Waals surface area contributed by atoms with Gasteiger partial charge in [0, 0.05) is 5.02 Å². The third kappa shape index (κ3) is 2.52. The predicted octanol–water partition coefficient (Wildman–Crippen LogP) is 2.26. The lowest BCUT2D eigenvalue weighted by atomic mass is 9.83. The average molecular weight is 268 g/mol. The third-order valence-corrected chi connectivity index (χ3v) is 3.88. The van der Waals surface area contributed by atoms with Crippen molar-refractivity contribution in [1.82, 2.24) is 5.32 Å². The van der Waals surface area contributed by atoms with E-state index in [1.54, 1.807) is 12.1 Å². The quantitative estimate of drug-likeness (QED) is 0.879. The molecule has 1 aliphatic carbocycles. The molecule has 0 aromatic heterocycles. The first kappa shape index (κ1) is 13.4. The van der Waals surface area contributed by atoms with Crippen molar-refractivity contribution in [3.63, 3.8) is 0 Å². The van der Waals surface area contributed by atoms with E-state index in [-0.39, 0.29) is 18.1 Å². The topological polar surface area (TPSA) is 49.3 Å². The van der Waals surface area contributed by atoms with Gasteiger partial charge in [-0.3, -0.25) is 4.79 Å². The molecule has 98 valence electrons. The van der Waals surface area contributed by atoms with Gasteiger partial charge in [-0.1, -0.05) is 23.7 Å². The number of hydrogen-bond acceptors (Lipinski definition) is 2. The van der Waals surface area contributed by atoms with Gasteiger partial charge in [-0.05, 0) is 44.4 Å². The summed E-state index contributed by atoms with van der Waals surface area (Å²) in [4.78, 5) is 12.3. The number of rotatable bonds is 4. The molecule has 3 nitrogen and oxygen atoms in total. The van der Waals surface area contributed by atoms with Gasteiger partial charge in [-0.25, -0.2) is 0 Å². The molecular weight excluding hydrogens is 250 g/mol. The molecule has 1 aromatic rings. The van der Waals surface area contributed by atoms with E-state index in [2.05, 4.69) is 5.32 Å². The SMILES string of the molecule is CC(C)(C(=O)NC1(CO)CC1)c1cccc(Cl)c1. The fraction of sp³-hybridized carbons (Fsp3) is 0.500. The fourth-order valence-corrected chi connectivity index (χ4v) is 2.07. The van der Waals surface area contributed by atoms with E-state index in [1.807, 2.05) is 26.0 Å². The molecule has 2 rings (SSSR count). The lowest BCUT2D eigenvalue weighted by Crippen LogP contribution is -2.48. The van der Waals surface area contributed by atoms with Gasteiger partial charge in [0.1, 0.15) is 0 Å². The lowest BCUT2D eigenvalue weighted by molar-refractivity contribution is -0.127. The Morgan fingerprint density at radius 2 is 2.17 bits per heavy atom. The second-order valence-corrected chi connectivity index (χ2v) is 5.96. The molecule has 1 aliphatic rings. The van der Waals surface area contributed by atoms with E-state index >= 15 is 0 Å². The van der Waals surface area contributed by atoms with Crippen molar-refractivity contribution >= 4 is 17.5 Å². The minimum absolute atomic E-state index is 0.00433. The van der Waals surface area contributed by atoms with Crippen LogP contribution in [0, 0.1) is 0 Å². The van der Waals surface area contributed by atoms with Crippen molar-refractivity contribution in [3.05, 3.63) is 34.9 Å². The van der Waals surface area contributed by atoms with Crippen molar-refractivity contribution < 1.29 is 9.90 Å². The summed E-state index contributed by atoms with van der Waals surface area (Å²) in [5.74, 6) is -0.0729. The third-order valence-electron chi connectivity index (χ3n) is 3.65. The highest BCUT2D eigenvalue weighted by atomic mass is 35.5. The Balaban J connectivity index is 2.17. The van der Waals surface area contributed by atoms with Crippen molar-refractivity contribution in [1.29, 1.82) is 0 Å². The molecular formula is C14H18ClNO2. The maximum Gasteiger partial charge on any atom is 0.230 e. The number of aliphatic hydroxyl groups is 1. The largest absolute Gasteiger partial charge is 0.394 e. The Morgan fingerprint density at radius 1 is 1.50 bits per heavy atom. The Hall–Kier alpha value is -1.06. The van der Waals surface area contributed by atoms with Gasteiger partial charge in [-0.2, -0.15) is 0 Å². The Bertz CT molecular complexity index is 467. The Morgan fingerprint density at radius 3 is 2.67 bits per heavy atom. The Kier molecular flexibility index (Phi) is 3.39. The molecule has 4 heteroatoms. The molecule has 0 atom stereocenters. The number of benzene rings is 1. The molecule has 0 aliphatic heterocycles. The molecule has 0 spiro atoms. The van der Waals surface area contributed by atoms with Gasteiger partial charge in [0.25, 0.3) is 0 Å². The van der Waals surface area contributed by atoms with E-state index in [0.29, 0.717) is 5.02 Å². The van der Waals surface area contributed by atoms with Crippen LogP contribution in [0.5, 0.6) is 0 Å². The highest BCUT2D eigenvalue weighted by molar-refractivity contribution is 6.30. The number of carbonyl (C=O) groups is 1. The van der Waals surface area contributed by atoms with E-state index in [0.717, 1.165) is 18.4 Å². The second-order valence-electron chi connectivity index (χ2n) is 5.53. The van der Waals surface area contributed by atoms with Gasteiger partial charge >= 0.3 is 0 Å². The number of carbonyl (C=O) groups excluding carboxylic acids is 1. The molecule has 0 radical (unpaired) electrons. The van der Waals surface area contributed by atoms with Crippen LogP contribution in [0.4, 0.5) is 0 Å². The summed E-state index contributed by atoms with van der Waals surface area (Å²) >= 11 is 5.96. The van der Waals surface area contributed by atoms with Crippen LogP contribution in [-0.2, 0) is 10.2 Å². The van der Waals surface area contributed by atoms with Gasteiger partial charge in [0.15, 0.2) is 0 Å². The van der Waals surface area contributed by atoms with E-state index < -0.39 is 5.41 Å². The molecule has 0 saturated heterocycles. The summed E-state index contributed by atoms with van der Waals surface area (Å²) in [5.41, 5.74) is -0.163. The van der Waals surface area contributed by atoms with E-state index in [4.69, 9.17) is 11.6 Å². The summed E-state index contributed by atoms with van der Waals surface area (Å²) in [7, 11) is 0. The summed E-state index contributed by atoms with van der Waals surface area (Å²) in [6, 6.07) is 7.32. The van der Waals surface area contributed by atoms with Gasteiger partial charge < -0.3 is 10.4 Å². The normalized spacial score (nSPS) is 17.3. The van der Waals surface area contributed by atoms with Crippen LogP contribution in [0.3, 0.4) is 0 Å². The highest BCUT2D eigenvalue weighted by Crippen LogP contribution is 2.36. The van der Waals surface area contributed by atoms with Crippen molar-refractivity contribution in [2.75, 3.05) is 6.61 Å². The molecule has 2 N–H and O–H groups in total. The molecule has 18 heavy (non-hydrogen) atoms. The smallest absolute Gasteiger partial charge is 0.230 e. The molecule has 0 bridgehead atoms. The van der Waals surface area contributed by atoms with Gasteiger partial charge in [0.05, 0.1) is 17.6 Å². The van der Waals surface area contributed by atoms with Crippen LogP contribution in [-0.4, -0.2) is 23.2 Å². The maximum atomic E-state index is 12.3. The van der Waals surface area contributed by atoms with Crippen LogP contribution >= 0.6 is 11.6 Å². The summed E-state index contributed by atoms with van der Waals surface area (Å²) in [5, 5.41) is 12.8. The minimum Gasteiger partial charge on any atom is -0.394 e. The molecule has 1 amide bonds. The molecule has 0 unspecified atom stereocenters. The number of halogens is 1. The first-order valence-electron chi connectivity index (χ1n) is 6.09. The molecule has 1 fully saturated rings. The number of aliphatic hydroxyl groups excluding tert-OH is 1. The average Bonchev–Trinajstić information content (AvgIpc) is 3.09. The first-order valence-corrected chi connectivity index (χ1v) is 6.47. The highest BCUT2D eigenvalue weighted by Gasteiger charge is 2.46. The molecule has 0 heterocycles. The van der Waals surface area contributed by atoms with Crippen molar-refractivity contribution in [2.45, 2.75) is 37.6 Å². The van der Waals surface area contributed by atoms with Crippen LogP contribution < -0.4 is 5.32 Å². The number of hydrogen-bond donors (Lipinski definition) is 2. The molecule has 1 aromatic carbocycles. The summed E-state index contributed by atoms with van der Waals surface area (Å²) < 4.78 is 0. The zero-order valence-electron chi connectivity index (χ0n) is 10.7. The second kappa shape index (κ2) is 4.56. The summed E-state index contributed by atoms with van der Waals surface area (Å²) in [6.45, 7) is 3.73. The zero-order valence-corrected chi connectivity index (χ0v) is 11.4. The summed E-state index contributed by atoms with van der Waals surface area (Å²) in [6.07, 6.45) is 1.70. The van der Waals surface area contributed by atoms with Crippen LogP contribution in [0.2, 0.25) is 5.02 Å². The Labute approximate surface area is 112 Å². The minimum atomic E-state index is -0.657. The van der Waals surface area contributed by atoms with Crippen molar-refractivity contribution in [3.8, 4) is 0 Å². The number of nitrogens with one attached hydrogen (secondary N) is 1. The number of amides is 1. The van der Waals surface area contributed by atoms with E-state index in [9.17, 15) is 9.90 Å². The van der Waals surface area contributed by atoms with Gasteiger partial charge in [-0.15, -0.1) is 0 Å². The van der Waals surface area contributed by atoms with Crippen LogP contribution in [0.25, 0.3) is 0 Å². The predicted molar refractivity (Wildman–Crippen MR) is 71.7 cm³/mol. The zero-order chi connectivity index (χ0) is 13.4. The fourth-order valence-electron chi connectivity index (χ4n) is 1.88. The molecule has 1 saturated carbocycles. The van der Waals surface area contributed by atoms with Crippen molar-refractivity contribution in [2.24, 2.45) is 0 Å². The maximum absolute atomic E-state index is 12.3. The van der Waals surface area contributed by atoms with Gasteiger partial charge in [0.2, 0.25) is 5.91 Å². The van der Waals surface area contributed by atoms with Crippen LogP contribution in [0.1, 0.15) is 32.3 Å². The standard InChI is InChI=1S/C14H18ClNO2/c1-13(2,10-4-3-5-11(15)8-10)12(18)16-14(9-17)6-7-14/h3-5,8,17H,6-7,9H2,1-2H3,(H,16,18). The van der Waals surface area contributed by atoms with E-state index in [1.165, 1.54) is 0 Å². The lowest BCUT2D eigenvalue weighted by Gasteiger charge is -2.27. The van der Waals surface area contributed by atoms with Crippen LogP contribution in [0.15, 0.2) is 24.3 Å².